The van der Waals surface area contributed by atoms with Gasteiger partial charge in [0.05, 0.1) is 6.61 Å². The van der Waals surface area contributed by atoms with Crippen LogP contribution in [-0.2, 0) is 9.47 Å². The zero-order valence-electron chi connectivity index (χ0n) is 19.8. The maximum absolute atomic E-state index is 5.44. The highest BCUT2D eigenvalue weighted by Gasteiger charge is 2.23. The van der Waals surface area contributed by atoms with Crippen molar-refractivity contribution in [2.45, 2.75) is 63.6 Å². The smallest absolute Gasteiger partial charge is 0.223 e. The van der Waals surface area contributed by atoms with Gasteiger partial charge in [-0.3, -0.25) is 0 Å². The minimum Gasteiger partial charge on any atom is -0.383 e. The third-order valence-corrected chi connectivity index (χ3v) is 6.45. The van der Waals surface area contributed by atoms with Gasteiger partial charge in [-0.2, -0.15) is 0 Å². The lowest BCUT2D eigenvalue weighted by Crippen LogP contribution is -2.43. The van der Waals surface area contributed by atoms with Crippen LogP contribution in [0.4, 0.5) is 11.8 Å². The molecule has 1 aliphatic heterocycles. The molecular weight excluding hydrogens is 418 g/mol. The lowest BCUT2D eigenvalue weighted by Gasteiger charge is -2.31. The van der Waals surface area contributed by atoms with E-state index in [4.69, 9.17) is 14.5 Å². The molecule has 1 atom stereocenters. The molecule has 9 heteroatoms. The van der Waals surface area contributed by atoms with Gasteiger partial charge in [0.25, 0.3) is 0 Å². The van der Waals surface area contributed by atoms with Crippen LogP contribution >= 0.6 is 0 Å². The van der Waals surface area contributed by atoms with Crippen molar-refractivity contribution in [1.82, 2.24) is 25.3 Å². The average Bonchev–Trinajstić information content (AvgIpc) is 2.85. The molecule has 0 spiro atoms. The van der Waals surface area contributed by atoms with Gasteiger partial charge >= 0.3 is 0 Å². The predicted molar refractivity (Wildman–Crippen MR) is 129 cm³/mol. The third-order valence-electron chi connectivity index (χ3n) is 6.45. The first-order valence-electron chi connectivity index (χ1n) is 12.2. The first-order chi connectivity index (χ1) is 16.2. The van der Waals surface area contributed by atoms with Crippen molar-refractivity contribution in [2.75, 3.05) is 44.1 Å². The summed E-state index contributed by atoms with van der Waals surface area (Å²) in [5, 5.41) is 10.6. The molecule has 3 N–H and O–H groups in total. The Bertz CT molecular complexity index is 854. The second kappa shape index (κ2) is 12.2. The van der Waals surface area contributed by atoms with Gasteiger partial charge in [0, 0.05) is 57.4 Å². The molecule has 0 bridgehead atoms. The molecule has 0 amide bonds. The molecule has 3 heterocycles. The number of nitrogens with one attached hydrogen (secondary N) is 3. The van der Waals surface area contributed by atoms with Crippen LogP contribution in [0.15, 0.2) is 24.5 Å². The lowest BCUT2D eigenvalue weighted by molar-refractivity contribution is 0.0699. The third kappa shape index (κ3) is 7.31. The summed E-state index contributed by atoms with van der Waals surface area (Å²) >= 11 is 0. The molecular formula is C24H37N7O2. The van der Waals surface area contributed by atoms with Crippen LogP contribution in [0.3, 0.4) is 0 Å². The van der Waals surface area contributed by atoms with E-state index in [0.717, 1.165) is 76.4 Å². The number of nitrogens with zero attached hydrogens (tertiary/aromatic N) is 4. The van der Waals surface area contributed by atoms with Gasteiger partial charge in [0.1, 0.15) is 11.5 Å². The number of ether oxygens (including phenoxy) is 2. The van der Waals surface area contributed by atoms with Crippen LogP contribution in [-0.4, -0.2) is 71.5 Å². The number of hydrogen-bond donors (Lipinski definition) is 3. The highest BCUT2D eigenvalue weighted by atomic mass is 16.5. The zero-order valence-corrected chi connectivity index (χ0v) is 19.8. The van der Waals surface area contributed by atoms with E-state index in [9.17, 15) is 0 Å². The largest absolute Gasteiger partial charge is 0.383 e. The Kier molecular flexibility index (Phi) is 8.79. The molecule has 2 fully saturated rings. The van der Waals surface area contributed by atoms with Crippen molar-refractivity contribution in [2.24, 2.45) is 5.92 Å². The van der Waals surface area contributed by atoms with Crippen molar-refractivity contribution in [1.29, 1.82) is 0 Å². The molecule has 0 radical (unpaired) electrons. The minimum absolute atomic E-state index is 0.379. The van der Waals surface area contributed by atoms with Crippen LogP contribution in [0, 0.1) is 5.92 Å². The monoisotopic (exact) mass is 455 g/mol. The van der Waals surface area contributed by atoms with E-state index in [-0.39, 0.29) is 0 Å². The normalized spacial score (nSPS) is 22.6. The van der Waals surface area contributed by atoms with E-state index in [1.54, 1.807) is 19.5 Å². The second-order valence-electron chi connectivity index (χ2n) is 9.18. The second-order valence-corrected chi connectivity index (χ2v) is 9.18. The summed E-state index contributed by atoms with van der Waals surface area (Å²) in [6.07, 6.45) is 10.2. The van der Waals surface area contributed by atoms with Crippen LogP contribution in [0.2, 0.25) is 0 Å². The molecule has 0 aromatic carbocycles. The molecule has 1 saturated carbocycles. The standard InChI is InChI=1S/C24H37N7O2/c1-17(16-32-2)28-19-3-5-20(6-4-19)29-24-26-11-7-21(30-24)23-25-12-8-22(31-23)27-15-18-9-13-33-14-10-18/h7-8,11-12,17-20,28H,3-6,9-10,13-16H2,1-2H3,(H,25,27,31)(H,26,29,30). The predicted octanol–water partition coefficient (Wildman–Crippen LogP) is 3.12. The number of aromatic nitrogens is 4. The van der Waals surface area contributed by atoms with Crippen LogP contribution in [0.5, 0.6) is 0 Å². The molecule has 180 valence electrons. The Morgan fingerprint density at radius 2 is 1.76 bits per heavy atom. The maximum atomic E-state index is 5.44. The van der Waals surface area contributed by atoms with Crippen molar-refractivity contribution < 1.29 is 9.47 Å². The number of rotatable bonds is 10. The van der Waals surface area contributed by atoms with Crippen LogP contribution < -0.4 is 16.0 Å². The summed E-state index contributed by atoms with van der Waals surface area (Å²) in [5.74, 6) is 2.70. The molecule has 4 rings (SSSR count). The van der Waals surface area contributed by atoms with Gasteiger partial charge in [-0.15, -0.1) is 0 Å². The van der Waals surface area contributed by atoms with Crippen molar-refractivity contribution in [3.63, 3.8) is 0 Å². The van der Waals surface area contributed by atoms with E-state index in [1.807, 2.05) is 12.1 Å². The Morgan fingerprint density at radius 1 is 1.00 bits per heavy atom. The number of hydrogen-bond acceptors (Lipinski definition) is 9. The maximum Gasteiger partial charge on any atom is 0.223 e. The number of anilines is 2. The van der Waals surface area contributed by atoms with Gasteiger partial charge in [0.15, 0.2) is 5.82 Å². The molecule has 2 aromatic heterocycles. The van der Waals surface area contributed by atoms with Gasteiger partial charge in [-0.05, 0) is 63.5 Å². The summed E-state index contributed by atoms with van der Waals surface area (Å²) in [6.45, 7) is 5.52. The lowest BCUT2D eigenvalue weighted by atomic mass is 9.91. The highest BCUT2D eigenvalue weighted by Crippen LogP contribution is 2.23. The average molecular weight is 456 g/mol. The first kappa shape index (κ1) is 23.8. The Morgan fingerprint density at radius 3 is 2.55 bits per heavy atom. The van der Waals surface area contributed by atoms with Crippen molar-refractivity contribution >= 4 is 11.8 Å². The van der Waals surface area contributed by atoms with Gasteiger partial charge < -0.3 is 25.4 Å². The zero-order chi connectivity index (χ0) is 22.9. The SMILES string of the molecule is COCC(C)NC1CCC(Nc2nccc(-c3nccc(NCC4CCOCC4)n3)n2)CC1. The van der Waals surface area contributed by atoms with E-state index < -0.39 is 0 Å². The van der Waals surface area contributed by atoms with Gasteiger partial charge in [-0.25, -0.2) is 19.9 Å². The minimum atomic E-state index is 0.379. The number of methoxy groups -OCH3 is 1. The first-order valence-corrected chi connectivity index (χ1v) is 12.2. The molecule has 2 aliphatic rings. The molecule has 33 heavy (non-hydrogen) atoms. The Labute approximate surface area is 196 Å². The molecule has 2 aromatic rings. The molecule has 1 saturated heterocycles. The fraction of sp³-hybridized carbons (Fsp3) is 0.667. The van der Waals surface area contributed by atoms with Gasteiger partial charge in [0.2, 0.25) is 5.95 Å². The highest BCUT2D eigenvalue weighted by molar-refractivity contribution is 5.53. The van der Waals surface area contributed by atoms with Crippen molar-refractivity contribution in [3.8, 4) is 11.5 Å². The fourth-order valence-electron chi connectivity index (χ4n) is 4.62. The fourth-order valence-corrected chi connectivity index (χ4v) is 4.62. The quantitative estimate of drug-likeness (QED) is 0.498. The molecule has 1 unspecified atom stereocenters. The van der Waals surface area contributed by atoms with Crippen LogP contribution in [0.1, 0.15) is 45.4 Å². The molecule has 1 aliphatic carbocycles. The van der Waals surface area contributed by atoms with E-state index >= 15 is 0 Å². The van der Waals surface area contributed by atoms with E-state index in [0.29, 0.717) is 35.8 Å². The topological polar surface area (TPSA) is 106 Å². The summed E-state index contributed by atoms with van der Waals surface area (Å²) in [7, 11) is 1.75. The van der Waals surface area contributed by atoms with Gasteiger partial charge in [-0.1, -0.05) is 0 Å². The van der Waals surface area contributed by atoms with Crippen LogP contribution in [0.25, 0.3) is 11.5 Å². The Hall–Kier alpha value is -2.36. The Balaban J connectivity index is 1.30. The summed E-state index contributed by atoms with van der Waals surface area (Å²) in [4.78, 5) is 18.2. The summed E-state index contributed by atoms with van der Waals surface area (Å²) < 4.78 is 10.7. The summed E-state index contributed by atoms with van der Waals surface area (Å²) in [6, 6.07) is 5.07. The molecule has 9 nitrogen and oxygen atoms in total. The summed E-state index contributed by atoms with van der Waals surface area (Å²) in [5.41, 5.74) is 0.728. The van der Waals surface area contributed by atoms with E-state index in [2.05, 4.69) is 37.8 Å². The van der Waals surface area contributed by atoms with E-state index in [1.165, 1.54) is 0 Å². The van der Waals surface area contributed by atoms with Crippen molar-refractivity contribution in [3.05, 3.63) is 24.5 Å².